The van der Waals surface area contributed by atoms with Gasteiger partial charge < -0.3 is 14.8 Å². The van der Waals surface area contributed by atoms with Crippen LogP contribution < -0.4 is 14.8 Å². The van der Waals surface area contributed by atoms with E-state index in [1.165, 1.54) is 0 Å². The SMILES string of the molecule is CCOc1cccc(Oc2cncc(NC)n2)c1. The molecule has 0 saturated carbocycles. The van der Waals surface area contributed by atoms with Gasteiger partial charge in [0.05, 0.1) is 19.0 Å². The molecule has 0 spiro atoms. The van der Waals surface area contributed by atoms with E-state index in [1.807, 2.05) is 31.2 Å². The summed E-state index contributed by atoms with van der Waals surface area (Å²) in [5.74, 6) is 2.54. The standard InChI is InChI=1S/C13H15N3O2/c1-3-17-10-5-4-6-11(7-10)18-13-9-15-8-12(14-2)16-13/h4-9H,3H2,1-2H3,(H,14,16). The number of ether oxygens (including phenoxy) is 2. The Balaban J connectivity index is 2.14. The zero-order chi connectivity index (χ0) is 12.8. The first-order chi connectivity index (χ1) is 8.81. The summed E-state index contributed by atoms with van der Waals surface area (Å²) >= 11 is 0. The lowest BCUT2D eigenvalue weighted by Gasteiger charge is -2.07. The van der Waals surface area contributed by atoms with E-state index in [9.17, 15) is 0 Å². The number of nitrogens with one attached hydrogen (secondary N) is 1. The minimum atomic E-state index is 0.440. The summed E-state index contributed by atoms with van der Waals surface area (Å²) in [5.41, 5.74) is 0. The highest BCUT2D eigenvalue weighted by atomic mass is 16.5. The third-order valence-corrected chi connectivity index (χ3v) is 2.21. The molecule has 94 valence electrons. The maximum Gasteiger partial charge on any atom is 0.239 e. The van der Waals surface area contributed by atoms with Crippen LogP contribution in [0.3, 0.4) is 0 Å². The van der Waals surface area contributed by atoms with Gasteiger partial charge in [0.25, 0.3) is 0 Å². The van der Waals surface area contributed by atoms with Crippen molar-refractivity contribution in [3.05, 3.63) is 36.7 Å². The topological polar surface area (TPSA) is 56.3 Å². The molecule has 0 fully saturated rings. The first kappa shape index (κ1) is 12.2. The van der Waals surface area contributed by atoms with E-state index in [-0.39, 0.29) is 0 Å². The molecule has 0 radical (unpaired) electrons. The number of anilines is 1. The minimum Gasteiger partial charge on any atom is -0.494 e. The van der Waals surface area contributed by atoms with Crippen molar-refractivity contribution in [3.8, 4) is 17.4 Å². The second kappa shape index (κ2) is 5.86. The highest BCUT2D eigenvalue weighted by Crippen LogP contribution is 2.24. The normalized spacial score (nSPS) is 9.89. The molecular weight excluding hydrogens is 230 g/mol. The molecule has 2 rings (SSSR count). The highest BCUT2D eigenvalue weighted by Gasteiger charge is 2.02. The van der Waals surface area contributed by atoms with E-state index in [2.05, 4.69) is 15.3 Å². The summed E-state index contributed by atoms with van der Waals surface area (Å²) in [6.07, 6.45) is 3.19. The van der Waals surface area contributed by atoms with Crippen molar-refractivity contribution in [2.45, 2.75) is 6.92 Å². The van der Waals surface area contributed by atoms with E-state index in [0.717, 1.165) is 5.75 Å². The summed E-state index contributed by atoms with van der Waals surface area (Å²) in [6, 6.07) is 7.41. The van der Waals surface area contributed by atoms with E-state index in [0.29, 0.717) is 24.1 Å². The predicted octanol–water partition coefficient (Wildman–Crippen LogP) is 2.71. The Bertz CT molecular complexity index is 517. The van der Waals surface area contributed by atoms with Gasteiger partial charge in [-0.1, -0.05) is 6.07 Å². The highest BCUT2D eigenvalue weighted by molar-refractivity contribution is 5.37. The van der Waals surface area contributed by atoms with Crippen LogP contribution in [0.2, 0.25) is 0 Å². The van der Waals surface area contributed by atoms with Crippen LogP contribution in [-0.4, -0.2) is 23.6 Å². The van der Waals surface area contributed by atoms with Crippen molar-refractivity contribution in [2.24, 2.45) is 0 Å². The maximum atomic E-state index is 5.61. The second-order valence-corrected chi connectivity index (χ2v) is 3.50. The third-order valence-electron chi connectivity index (χ3n) is 2.21. The van der Waals surface area contributed by atoms with Crippen LogP contribution in [0.5, 0.6) is 17.4 Å². The van der Waals surface area contributed by atoms with Crippen LogP contribution in [0, 0.1) is 0 Å². The monoisotopic (exact) mass is 245 g/mol. The van der Waals surface area contributed by atoms with E-state index in [1.54, 1.807) is 19.4 Å². The predicted molar refractivity (Wildman–Crippen MR) is 69.3 cm³/mol. The number of rotatable bonds is 5. The van der Waals surface area contributed by atoms with Gasteiger partial charge in [0, 0.05) is 13.1 Å². The molecule has 5 heteroatoms. The van der Waals surface area contributed by atoms with Gasteiger partial charge in [-0.15, -0.1) is 0 Å². The van der Waals surface area contributed by atoms with Gasteiger partial charge in [0.15, 0.2) is 0 Å². The van der Waals surface area contributed by atoms with Crippen molar-refractivity contribution in [2.75, 3.05) is 19.0 Å². The number of aromatic nitrogens is 2. The largest absolute Gasteiger partial charge is 0.494 e. The third kappa shape index (κ3) is 3.10. The second-order valence-electron chi connectivity index (χ2n) is 3.50. The lowest BCUT2D eigenvalue weighted by molar-refractivity contribution is 0.338. The van der Waals surface area contributed by atoms with Crippen molar-refractivity contribution in [1.82, 2.24) is 9.97 Å². The van der Waals surface area contributed by atoms with Gasteiger partial charge in [-0.05, 0) is 19.1 Å². The molecule has 0 atom stereocenters. The average Bonchev–Trinajstić information content (AvgIpc) is 2.40. The van der Waals surface area contributed by atoms with Crippen LogP contribution >= 0.6 is 0 Å². The van der Waals surface area contributed by atoms with Gasteiger partial charge in [0.2, 0.25) is 5.88 Å². The van der Waals surface area contributed by atoms with Gasteiger partial charge >= 0.3 is 0 Å². The van der Waals surface area contributed by atoms with Crippen molar-refractivity contribution >= 4 is 5.82 Å². The van der Waals surface area contributed by atoms with E-state index >= 15 is 0 Å². The zero-order valence-electron chi connectivity index (χ0n) is 10.4. The molecule has 1 heterocycles. The molecule has 5 nitrogen and oxygen atoms in total. The molecule has 1 aromatic heterocycles. The number of benzene rings is 1. The van der Waals surface area contributed by atoms with Gasteiger partial charge in [0.1, 0.15) is 17.3 Å². The van der Waals surface area contributed by atoms with E-state index < -0.39 is 0 Å². The number of nitrogens with zero attached hydrogens (tertiary/aromatic N) is 2. The Labute approximate surface area is 106 Å². The maximum absolute atomic E-state index is 5.61. The Morgan fingerprint density at radius 1 is 1.22 bits per heavy atom. The molecule has 0 amide bonds. The average molecular weight is 245 g/mol. The summed E-state index contributed by atoms with van der Waals surface area (Å²) in [7, 11) is 1.78. The molecule has 0 aliphatic carbocycles. The lowest BCUT2D eigenvalue weighted by Crippen LogP contribution is -1.96. The molecule has 2 aromatic rings. The minimum absolute atomic E-state index is 0.440. The Morgan fingerprint density at radius 3 is 2.83 bits per heavy atom. The zero-order valence-corrected chi connectivity index (χ0v) is 10.4. The summed E-state index contributed by atoms with van der Waals surface area (Å²) < 4.78 is 11.0. The van der Waals surface area contributed by atoms with Crippen LogP contribution in [0.1, 0.15) is 6.92 Å². The van der Waals surface area contributed by atoms with Crippen LogP contribution in [0.4, 0.5) is 5.82 Å². The summed E-state index contributed by atoms with van der Waals surface area (Å²) in [6.45, 7) is 2.56. The smallest absolute Gasteiger partial charge is 0.239 e. The molecular formula is C13H15N3O2. The van der Waals surface area contributed by atoms with Crippen molar-refractivity contribution < 1.29 is 9.47 Å². The fraction of sp³-hybridized carbons (Fsp3) is 0.231. The summed E-state index contributed by atoms with van der Waals surface area (Å²) in [5, 5.41) is 2.91. The van der Waals surface area contributed by atoms with Crippen molar-refractivity contribution in [3.63, 3.8) is 0 Å². The lowest BCUT2D eigenvalue weighted by atomic mass is 10.3. The summed E-state index contributed by atoms with van der Waals surface area (Å²) in [4.78, 5) is 8.25. The fourth-order valence-electron chi connectivity index (χ4n) is 1.43. The Morgan fingerprint density at radius 2 is 2.06 bits per heavy atom. The number of hydrogen-bond donors (Lipinski definition) is 1. The molecule has 1 aromatic carbocycles. The van der Waals surface area contributed by atoms with Crippen molar-refractivity contribution in [1.29, 1.82) is 0 Å². The number of hydrogen-bond acceptors (Lipinski definition) is 5. The molecule has 0 aliphatic rings. The van der Waals surface area contributed by atoms with Gasteiger partial charge in [-0.3, -0.25) is 4.98 Å². The Kier molecular flexibility index (Phi) is 3.96. The molecule has 0 aliphatic heterocycles. The molecule has 0 bridgehead atoms. The van der Waals surface area contributed by atoms with Gasteiger partial charge in [-0.2, -0.15) is 4.98 Å². The molecule has 18 heavy (non-hydrogen) atoms. The van der Waals surface area contributed by atoms with Crippen LogP contribution in [0.15, 0.2) is 36.7 Å². The molecule has 0 saturated heterocycles. The van der Waals surface area contributed by atoms with Crippen LogP contribution in [-0.2, 0) is 0 Å². The quantitative estimate of drug-likeness (QED) is 0.877. The molecule has 0 unspecified atom stereocenters. The fourth-order valence-corrected chi connectivity index (χ4v) is 1.43. The van der Waals surface area contributed by atoms with Crippen LogP contribution in [0.25, 0.3) is 0 Å². The van der Waals surface area contributed by atoms with E-state index in [4.69, 9.17) is 9.47 Å². The molecule has 1 N–H and O–H groups in total. The first-order valence-electron chi connectivity index (χ1n) is 5.72. The Hall–Kier alpha value is -2.30. The first-order valence-corrected chi connectivity index (χ1v) is 5.72. The van der Waals surface area contributed by atoms with Gasteiger partial charge in [-0.25, -0.2) is 0 Å².